The van der Waals surface area contributed by atoms with Gasteiger partial charge in [0.2, 0.25) is 0 Å². The summed E-state index contributed by atoms with van der Waals surface area (Å²) in [6.07, 6.45) is 3.56. The van der Waals surface area contributed by atoms with Crippen LogP contribution in [0.5, 0.6) is 0 Å². The van der Waals surface area contributed by atoms with E-state index in [4.69, 9.17) is 0 Å². The fourth-order valence-corrected chi connectivity index (χ4v) is 1.56. The molecule has 0 spiro atoms. The molecule has 17 heavy (non-hydrogen) atoms. The van der Waals surface area contributed by atoms with E-state index in [1.165, 1.54) is 0 Å². The molecule has 0 atom stereocenters. The third-order valence-corrected chi connectivity index (χ3v) is 2.30. The summed E-state index contributed by atoms with van der Waals surface area (Å²) < 4.78 is 1.73. The zero-order valence-corrected chi connectivity index (χ0v) is 9.92. The molecule has 88 valence electrons. The van der Waals surface area contributed by atoms with Crippen molar-refractivity contribution < 1.29 is 4.79 Å². The number of hydrogen-bond donors (Lipinski definition) is 1. The summed E-state index contributed by atoms with van der Waals surface area (Å²) in [4.78, 5) is 11.8. The number of hydrogen-bond acceptors (Lipinski definition) is 2. The van der Waals surface area contributed by atoms with Crippen LogP contribution in [0, 0.1) is 0 Å². The Morgan fingerprint density at radius 2 is 2.18 bits per heavy atom. The number of aromatic nitrogens is 2. The Hall–Kier alpha value is -2.10. The van der Waals surface area contributed by atoms with Gasteiger partial charge < -0.3 is 5.32 Å². The van der Waals surface area contributed by atoms with Crippen LogP contribution < -0.4 is 5.32 Å². The smallest absolute Gasteiger partial charge is 0.251 e. The van der Waals surface area contributed by atoms with E-state index < -0.39 is 0 Å². The molecule has 0 unspecified atom stereocenters. The molecule has 1 aromatic heterocycles. The normalized spacial score (nSPS) is 10.5. The average Bonchev–Trinajstić information content (AvgIpc) is 2.82. The van der Waals surface area contributed by atoms with Gasteiger partial charge in [-0.25, -0.2) is 4.68 Å². The minimum atomic E-state index is -0.0611. The Morgan fingerprint density at radius 1 is 1.35 bits per heavy atom. The summed E-state index contributed by atoms with van der Waals surface area (Å²) in [5.74, 6) is -0.0611. The molecule has 0 fully saturated rings. The number of amides is 1. The Balaban J connectivity index is 2.26. The Labute approximate surface area is 100 Å². The van der Waals surface area contributed by atoms with Gasteiger partial charge in [-0.15, -0.1) is 0 Å². The molecule has 2 aromatic rings. The number of nitrogens with one attached hydrogen (secondary N) is 1. The first-order valence-electron chi connectivity index (χ1n) is 5.58. The second-order valence-corrected chi connectivity index (χ2v) is 4.13. The number of benzene rings is 1. The molecule has 0 aliphatic carbocycles. The summed E-state index contributed by atoms with van der Waals surface area (Å²) in [6, 6.07) is 9.37. The number of rotatable bonds is 3. The SMILES string of the molecule is CC(C)NC(=O)c1cccc(-n2cccn2)c1. The first kappa shape index (κ1) is 11.4. The predicted octanol–water partition coefficient (Wildman–Crippen LogP) is 2.01. The molecular weight excluding hydrogens is 214 g/mol. The van der Waals surface area contributed by atoms with Crippen LogP contribution in [0.3, 0.4) is 0 Å². The molecule has 1 N–H and O–H groups in total. The van der Waals surface area contributed by atoms with Crippen molar-refractivity contribution in [2.75, 3.05) is 0 Å². The molecule has 0 saturated carbocycles. The molecule has 4 nitrogen and oxygen atoms in total. The molecular formula is C13H15N3O. The van der Waals surface area contributed by atoms with Gasteiger partial charge >= 0.3 is 0 Å². The van der Waals surface area contributed by atoms with Crippen molar-refractivity contribution in [3.63, 3.8) is 0 Å². The van der Waals surface area contributed by atoms with Crippen molar-refractivity contribution in [2.24, 2.45) is 0 Å². The molecule has 4 heteroatoms. The number of nitrogens with zero attached hydrogens (tertiary/aromatic N) is 2. The number of carbonyl (C=O) groups excluding carboxylic acids is 1. The van der Waals surface area contributed by atoms with E-state index in [9.17, 15) is 4.79 Å². The van der Waals surface area contributed by atoms with E-state index in [0.29, 0.717) is 5.56 Å². The predicted molar refractivity (Wildman–Crippen MR) is 66.2 cm³/mol. The van der Waals surface area contributed by atoms with Crippen LogP contribution in [0.15, 0.2) is 42.7 Å². The van der Waals surface area contributed by atoms with Crippen LogP contribution >= 0.6 is 0 Å². The van der Waals surface area contributed by atoms with Gasteiger partial charge in [0.1, 0.15) is 0 Å². The van der Waals surface area contributed by atoms with Gasteiger partial charge in [-0.3, -0.25) is 4.79 Å². The van der Waals surface area contributed by atoms with Crippen LogP contribution in [0.4, 0.5) is 0 Å². The third-order valence-electron chi connectivity index (χ3n) is 2.30. The van der Waals surface area contributed by atoms with Crippen LogP contribution in [-0.2, 0) is 0 Å². The lowest BCUT2D eigenvalue weighted by Gasteiger charge is -2.09. The minimum absolute atomic E-state index is 0.0611. The van der Waals surface area contributed by atoms with Crippen molar-refractivity contribution in [3.05, 3.63) is 48.3 Å². The van der Waals surface area contributed by atoms with Crippen LogP contribution in [0.25, 0.3) is 5.69 Å². The summed E-state index contributed by atoms with van der Waals surface area (Å²) in [6.45, 7) is 3.88. The maximum Gasteiger partial charge on any atom is 0.251 e. The largest absolute Gasteiger partial charge is 0.350 e. The quantitative estimate of drug-likeness (QED) is 0.875. The molecule has 1 amide bonds. The van der Waals surface area contributed by atoms with Gasteiger partial charge in [-0.1, -0.05) is 6.07 Å². The fourth-order valence-electron chi connectivity index (χ4n) is 1.56. The summed E-state index contributed by atoms with van der Waals surface area (Å²) in [5.41, 5.74) is 1.53. The topological polar surface area (TPSA) is 46.9 Å². The highest BCUT2D eigenvalue weighted by Gasteiger charge is 2.07. The van der Waals surface area contributed by atoms with Gasteiger partial charge in [-0.2, -0.15) is 5.10 Å². The minimum Gasteiger partial charge on any atom is -0.350 e. The van der Waals surface area contributed by atoms with E-state index >= 15 is 0 Å². The zero-order valence-electron chi connectivity index (χ0n) is 9.92. The molecule has 0 aliphatic rings. The highest BCUT2D eigenvalue weighted by molar-refractivity contribution is 5.94. The molecule has 0 aliphatic heterocycles. The monoisotopic (exact) mass is 229 g/mol. The Morgan fingerprint density at radius 3 is 2.82 bits per heavy atom. The Kier molecular flexibility index (Phi) is 3.23. The van der Waals surface area contributed by atoms with Crippen molar-refractivity contribution >= 4 is 5.91 Å². The van der Waals surface area contributed by atoms with Crippen molar-refractivity contribution in [1.29, 1.82) is 0 Å². The first-order valence-corrected chi connectivity index (χ1v) is 5.58. The first-order chi connectivity index (χ1) is 8.16. The highest BCUT2D eigenvalue weighted by Crippen LogP contribution is 2.09. The molecule has 0 radical (unpaired) electrons. The van der Waals surface area contributed by atoms with E-state index in [0.717, 1.165) is 5.69 Å². The lowest BCUT2D eigenvalue weighted by molar-refractivity contribution is 0.0943. The van der Waals surface area contributed by atoms with E-state index in [2.05, 4.69) is 10.4 Å². The standard InChI is InChI=1S/C13H15N3O/c1-10(2)15-13(17)11-5-3-6-12(9-11)16-8-4-7-14-16/h3-10H,1-2H3,(H,15,17). The maximum atomic E-state index is 11.8. The summed E-state index contributed by atoms with van der Waals surface area (Å²) >= 11 is 0. The molecule has 0 saturated heterocycles. The van der Waals surface area contributed by atoms with Crippen LogP contribution in [0.1, 0.15) is 24.2 Å². The van der Waals surface area contributed by atoms with Crippen molar-refractivity contribution in [1.82, 2.24) is 15.1 Å². The van der Waals surface area contributed by atoms with Gasteiger partial charge in [0.15, 0.2) is 0 Å². The van der Waals surface area contributed by atoms with Gasteiger partial charge in [0, 0.05) is 24.0 Å². The second-order valence-electron chi connectivity index (χ2n) is 4.13. The zero-order chi connectivity index (χ0) is 12.3. The maximum absolute atomic E-state index is 11.8. The second kappa shape index (κ2) is 4.82. The highest BCUT2D eigenvalue weighted by atomic mass is 16.1. The van der Waals surface area contributed by atoms with Crippen LogP contribution in [-0.4, -0.2) is 21.7 Å². The average molecular weight is 229 g/mol. The van der Waals surface area contributed by atoms with Crippen LogP contribution in [0.2, 0.25) is 0 Å². The van der Waals surface area contributed by atoms with Crippen molar-refractivity contribution in [3.8, 4) is 5.69 Å². The van der Waals surface area contributed by atoms with Gasteiger partial charge in [0.05, 0.1) is 5.69 Å². The summed E-state index contributed by atoms with van der Waals surface area (Å²) in [5, 5.41) is 7.00. The molecule has 1 heterocycles. The number of carbonyl (C=O) groups is 1. The van der Waals surface area contributed by atoms with Crippen molar-refractivity contribution in [2.45, 2.75) is 19.9 Å². The van der Waals surface area contributed by atoms with E-state index in [-0.39, 0.29) is 11.9 Å². The molecule has 2 rings (SSSR count). The lowest BCUT2D eigenvalue weighted by atomic mass is 10.2. The van der Waals surface area contributed by atoms with E-state index in [1.54, 1.807) is 16.9 Å². The summed E-state index contributed by atoms with van der Waals surface area (Å²) in [7, 11) is 0. The Bertz CT molecular complexity index is 503. The third kappa shape index (κ3) is 2.72. The van der Waals surface area contributed by atoms with Gasteiger partial charge in [-0.05, 0) is 38.1 Å². The van der Waals surface area contributed by atoms with E-state index in [1.807, 2.05) is 44.3 Å². The lowest BCUT2D eigenvalue weighted by Crippen LogP contribution is -2.30. The van der Waals surface area contributed by atoms with Gasteiger partial charge in [0.25, 0.3) is 5.91 Å². The molecule has 1 aromatic carbocycles. The fraction of sp³-hybridized carbons (Fsp3) is 0.231. The molecule has 0 bridgehead atoms.